The molecule has 0 radical (unpaired) electrons. The van der Waals surface area contributed by atoms with Gasteiger partial charge in [0.05, 0.1) is 12.2 Å². The topological polar surface area (TPSA) is 73.6 Å². The molecule has 0 aliphatic carbocycles. The maximum Gasteiger partial charge on any atom is 0.573 e. The molecule has 3 N–H and O–H groups in total. The van der Waals surface area contributed by atoms with E-state index in [0.717, 1.165) is 12.1 Å². The third-order valence-corrected chi connectivity index (χ3v) is 2.20. The highest BCUT2D eigenvalue weighted by molar-refractivity contribution is 5.68. The van der Waals surface area contributed by atoms with E-state index in [2.05, 4.69) is 21.9 Å². The lowest BCUT2D eigenvalue weighted by atomic mass is 10.2. The number of halogens is 3. The van der Waals surface area contributed by atoms with Crippen LogP contribution in [-0.2, 0) is 4.74 Å². The van der Waals surface area contributed by atoms with Gasteiger partial charge in [0.15, 0.2) is 0 Å². The smallest absolute Gasteiger partial charge is 0.444 e. The van der Waals surface area contributed by atoms with Gasteiger partial charge in [-0.3, -0.25) is 0 Å². The van der Waals surface area contributed by atoms with E-state index in [1.165, 1.54) is 6.07 Å². The molecule has 0 aliphatic rings. The fourth-order valence-electron chi connectivity index (χ4n) is 1.42. The second-order valence-electron chi connectivity index (χ2n) is 5.45. The van der Waals surface area contributed by atoms with Crippen molar-refractivity contribution in [3.8, 4) is 17.6 Å². The van der Waals surface area contributed by atoms with Crippen LogP contribution >= 0.6 is 0 Å². The van der Waals surface area contributed by atoms with Gasteiger partial charge in [-0.1, -0.05) is 11.8 Å². The number of carbonyl (C=O) groups is 1. The van der Waals surface area contributed by atoms with Crippen molar-refractivity contribution < 1.29 is 27.4 Å². The minimum atomic E-state index is -4.78. The van der Waals surface area contributed by atoms with Crippen molar-refractivity contribution in [1.29, 1.82) is 0 Å². The van der Waals surface area contributed by atoms with Gasteiger partial charge in [0, 0.05) is 11.6 Å². The van der Waals surface area contributed by atoms with E-state index in [1.807, 2.05) is 0 Å². The van der Waals surface area contributed by atoms with E-state index in [0.29, 0.717) is 5.56 Å². The van der Waals surface area contributed by atoms with Crippen molar-refractivity contribution in [2.45, 2.75) is 32.7 Å². The van der Waals surface area contributed by atoms with Gasteiger partial charge >= 0.3 is 12.5 Å². The van der Waals surface area contributed by atoms with Crippen molar-refractivity contribution in [3.05, 3.63) is 23.8 Å². The van der Waals surface area contributed by atoms with Crippen LogP contribution in [0.25, 0.3) is 0 Å². The van der Waals surface area contributed by atoms with Crippen LogP contribution in [0.3, 0.4) is 0 Å². The van der Waals surface area contributed by atoms with Crippen LogP contribution in [0.2, 0.25) is 0 Å². The first kappa shape index (κ1) is 18.5. The summed E-state index contributed by atoms with van der Waals surface area (Å²) < 4.78 is 45.0. The van der Waals surface area contributed by atoms with Crippen molar-refractivity contribution in [1.82, 2.24) is 5.32 Å². The Bertz CT molecular complexity index is 626. The molecule has 0 saturated carbocycles. The fourth-order valence-corrected chi connectivity index (χ4v) is 1.42. The molecule has 0 aromatic heterocycles. The minimum Gasteiger partial charge on any atom is -0.444 e. The van der Waals surface area contributed by atoms with Gasteiger partial charge in [0.1, 0.15) is 11.4 Å². The lowest BCUT2D eigenvalue weighted by Crippen LogP contribution is -2.32. The van der Waals surface area contributed by atoms with E-state index in [4.69, 9.17) is 10.5 Å². The number of benzene rings is 1. The number of alkyl halides is 3. The molecule has 126 valence electrons. The Morgan fingerprint density at radius 1 is 1.30 bits per heavy atom. The number of carbonyl (C=O) groups excluding carboxylic acids is 1. The van der Waals surface area contributed by atoms with Gasteiger partial charge in [-0.05, 0) is 32.9 Å². The summed E-state index contributed by atoms with van der Waals surface area (Å²) in [5.41, 5.74) is 5.35. The monoisotopic (exact) mass is 330 g/mol. The lowest BCUT2D eigenvalue weighted by Gasteiger charge is -2.19. The number of rotatable bonds is 2. The molecule has 1 aromatic carbocycles. The number of hydrogen-bond donors (Lipinski definition) is 2. The Morgan fingerprint density at radius 2 is 1.96 bits per heavy atom. The van der Waals surface area contributed by atoms with Gasteiger partial charge in [-0.15, -0.1) is 13.2 Å². The Kier molecular flexibility index (Phi) is 5.73. The molecule has 1 aromatic rings. The fraction of sp³-hybridized carbons (Fsp3) is 0.400. The third kappa shape index (κ3) is 7.85. The molecule has 0 fully saturated rings. The summed E-state index contributed by atoms with van der Waals surface area (Å²) in [5.74, 6) is 4.84. The predicted octanol–water partition coefficient (Wildman–Crippen LogP) is 3.04. The van der Waals surface area contributed by atoms with Crippen molar-refractivity contribution in [2.24, 2.45) is 0 Å². The van der Waals surface area contributed by atoms with Gasteiger partial charge in [-0.25, -0.2) is 4.79 Å². The van der Waals surface area contributed by atoms with E-state index >= 15 is 0 Å². The first-order valence-electron chi connectivity index (χ1n) is 6.57. The van der Waals surface area contributed by atoms with Crippen molar-refractivity contribution in [2.75, 3.05) is 12.3 Å². The van der Waals surface area contributed by atoms with E-state index in [-0.39, 0.29) is 12.2 Å². The number of ether oxygens (including phenoxy) is 2. The molecular weight excluding hydrogens is 313 g/mol. The van der Waals surface area contributed by atoms with E-state index in [1.54, 1.807) is 20.8 Å². The number of amides is 1. The summed E-state index contributed by atoms with van der Waals surface area (Å²) in [7, 11) is 0. The van der Waals surface area contributed by atoms with E-state index < -0.39 is 23.8 Å². The maximum absolute atomic E-state index is 12.1. The Hall–Kier alpha value is -2.56. The highest BCUT2D eigenvalue weighted by Crippen LogP contribution is 2.25. The highest BCUT2D eigenvalue weighted by Gasteiger charge is 2.31. The molecule has 0 unspecified atom stereocenters. The molecule has 8 heteroatoms. The quantitative estimate of drug-likeness (QED) is 0.646. The predicted molar refractivity (Wildman–Crippen MR) is 78.7 cm³/mol. The van der Waals surface area contributed by atoms with Gasteiger partial charge < -0.3 is 20.5 Å². The van der Waals surface area contributed by atoms with Crippen LogP contribution in [0.15, 0.2) is 18.2 Å². The zero-order valence-electron chi connectivity index (χ0n) is 12.9. The average molecular weight is 330 g/mol. The molecule has 1 amide bonds. The number of anilines is 1. The summed E-state index contributed by atoms with van der Waals surface area (Å²) in [5, 5.41) is 2.42. The minimum absolute atomic E-state index is 0.00908. The summed E-state index contributed by atoms with van der Waals surface area (Å²) in [6, 6.07) is 3.44. The van der Waals surface area contributed by atoms with Crippen LogP contribution in [0, 0.1) is 11.8 Å². The second-order valence-corrected chi connectivity index (χ2v) is 5.45. The largest absolute Gasteiger partial charge is 0.573 e. The van der Waals surface area contributed by atoms with Gasteiger partial charge in [0.2, 0.25) is 0 Å². The van der Waals surface area contributed by atoms with Crippen LogP contribution < -0.4 is 15.8 Å². The Balaban J connectivity index is 2.61. The molecule has 0 atom stereocenters. The number of nitrogens with one attached hydrogen (secondary N) is 1. The molecule has 5 nitrogen and oxygen atoms in total. The zero-order valence-corrected chi connectivity index (χ0v) is 12.9. The number of nitrogen functional groups attached to an aromatic ring is 1. The molecule has 0 heterocycles. The maximum atomic E-state index is 12.1. The van der Waals surface area contributed by atoms with Crippen LogP contribution in [0.5, 0.6) is 5.75 Å². The van der Waals surface area contributed by atoms with Crippen LogP contribution in [0.1, 0.15) is 26.3 Å². The number of nitrogens with two attached hydrogens (primary N) is 1. The summed E-state index contributed by atoms with van der Waals surface area (Å²) in [4.78, 5) is 11.4. The first-order valence-corrected chi connectivity index (χ1v) is 6.57. The molecule has 23 heavy (non-hydrogen) atoms. The van der Waals surface area contributed by atoms with Gasteiger partial charge in [-0.2, -0.15) is 0 Å². The third-order valence-electron chi connectivity index (χ3n) is 2.20. The summed E-state index contributed by atoms with van der Waals surface area (Å²) >= 11 is 0. The Morgan fingerprint density at radius 3 is 2.48 bits per heavy atom. The second kappa shape index (κ2) is 7.13. The standard InChI is InChI=1S/C15H17F3N2O3/c1-14(2,3)23-13(21)20-8-4-5-10-6-7-11(9-12(10)19)22-15(16,17)18/h6-7,9H,8,19H2,1-3H3,(H,20,21). The molecule has 1 rings (SSSR count). The number of alkyl carbamates (subject to hydrolysis) is 1. The lowest BCUT2D eigenvalue weighted by molar-refractivity contribution is -0.274. The molecule has 0 spiro atoms. The average Bonchev–Trinajstić information content (AvgIpc) is 2.32. The SMILES string of the molecule is CC(C)(C)OC(=O)NCC#Cc1ccc(OC(F)(F)F)cc1N. The normalized spacial score (nSPS) is 11.2. The van der Waals surface area contributed by atoms with Crippen molar-refractivity contribution in [3.63, 3.8) is 0 Å². The van der Waals surface area contributed by atoms with Gasteiger partial charge in [0.25, 0.3) is 0 Å². The molecule has 0 aliphatic heterocycles. The summed E-state index contributed by atoms with van der Waals surface area (Å²) in [6.45, 7) is 5.19. The molecular formula is C15H17F3N2O3. The summed E-state index contributed by atoms with van der Waals surface area (Å²) in [6.07, 6.45) is -5.40. The van der Waals surface area contributed by atoms with E-state index in [9.17, 15) is 18.0 Å². The zero-order chi connectivity index (χ0) is 17.7. The molecule has 0 saturated heterocycles. The first-order chi connectivity index (χ1) is 10.5. The Labute approximate surface area is 131 Å². The van der Waals surface area contributed by atoms with Crippen molar-refractivity contribution >= 4 is 11.8 Å². The van der Waals surface area contributed by atoms with Crippen LogP contribution in [0.4, 0.5) is 23.7 Å². The number of hydrogen-bond acceptors (Lipinski definition) is 4. The highest BCUT2D eigenvalue weighted by atomic mass is 19.4. The molecule has 0 bridgehead atoms. The van der Waals surface area contributed by atoms with Crippen LogP contribution in [-0.4, -0.2) is 24.6 Å².